The Morgan fingerprint density at radius 3 is 2.47 bits per heavy atom. The number of nitriles is 1. The average Bonchev–Trinajstić information content (AvgIpc) is 2.61. The van der Waals surface area contributed by atoms with Crippen molar-refractivity contribution in [1.29, 1.82) is 5.26 Å². The molecule has 0 aromatic rings. The number of likely N-dealkylation sites (N-methyl/N-ethyl adjacent to an activating group) is 1. The summed E-state index contributed by atoms with van der Waals surface area (Å²) < 4.78 is 0. The van der Waals surface area contributed by atoms with E-state index >= 15 is 0 Å². The number of hydrogen-bond acceptors (Lipinski definition) is 3. The Balaban J connectivity index is 1.90. The quantitative estimate of drug-likeness (QED) is 0.688. The van der Waals surface area contributed by atoms with Crippen molar-refractivity contribution < 1.29 is 0 Å². The van der Waals surface area contributed by atoms with E-state index in [9.17, 15) is 0 Å². The average molecular weight is 235 g/mol. The lowest BCUT2D eigenvalue weighted by Gasteiger charge is -2.42. The molecule has 0 amide bonds. The molecule has 3 heteroatoms. The normalized spacial score (nSPS) is 29.8. The number of hydrogen-bond donors (Lipinski definition) is 0. The van der Waals surface area contributed by atoms with Crippen molar-refractivity contribution in [2.75, 3.05) is 26.7 Å². The minimum absolute atomic E-state index is 0.456. The van der Waals surface area contributed by atoms with Crippen molar-refractivity contribution in [3.63, 3.8) is 0 Å². The van der Waals surface area contributed by atoms with Gasteiger partial charge in [-0.25, -0.2) is 0 Å². The van der Waals surface area contributed by atoms with Gasteiger partial charge in [0.15, 0.2) is 0 Å². The SMILES string of the molecule is CN1CCN(C2CCCCCC2)CC1CC#N. The van der Waals surface area contributed by atoms with Crippen LogP contribution in [-0.4, -0.2) is 48.6 Å². The summed E-state index contributed by atoms with van der Waals surface area (Å²) in [6.07, 6.45) is 9.09. The summed E-state index contributed by atoms with van der Waals surface area (Å²) in [5.74, 6) is 0. The molecule has 0 aromatic carbocycles. The first kappa shape index (κ1) is 12.9. The topological polar surface area (TPSA) is 30.3 Å². The first-order chi connectivity index (χ1) is 8.31. The van der Waals surface area contributed by atoms with E-state index in [2.05, 4.69) is 22.9 Å². The zero-order valence-electron chi connectivity index (χ0n) is 11.1. The second-order valence-electron chi connectivity index (χ2n) is 5.64. The number of rotatable bonds is 2. The van der Waals surface area contributed by atoms with Gasteiger partial charge in [0.05, 0.1) is 12.5 Å². The first-order valence-electron chi connectivity index (χ1n) is 7.12. The smallest absolute Gasteiger partial charge is 0.0638 e. The summed E-state index contributed by atoms with van der Waals surface area (Å²) in [5, 5.41) is 8.88. The summed E-state index contributed by atoms with van der Waals surface area (Å²) in [4.78, 5) is 5.02. The molecular formula is C14H25N3. The molecule has 2 aliphatic rings. The van der Waals surface area contributed by atoms with E-state index in [0.717, 1.165) is 19.1 Å². The Labute approximate surface area is 105 Å². The predicted molar refractivity (Wildman–Crippen MR) is 69.7 cm³/mol. The lowest BCUT2D eigenvalue weighted by atomic mass is 10.0. The van der Waals surface area contributed by atoms with Gasteiger partial charge in [0.2, 0.25) is 0 Å². The molecule has 1 saturated carbocycles. The molecular weight excluding hydrogens is 210 g/mol. The molecule has 2 fully saturated rings. The summed E-state index contributed by atoms with van der Waals surface area (Å²) in [5.41, 5.74) is 0. The Hall–Kier alpha value is -0.590. The standard InChI is InChI=1S/C14H25N3/c1-16-10-11-17(12-14(16)8-9-15)13-6-4-2-3-5-7-13/h13-14H,2-8,10-12H2,1H3. The van der Waals surface area contributed by atoms with E-state index < -0.39 is 0 Å². The summed E-state index contributed by atoms with van der Waals surface area (Å²) in [6.45, 7) is 3.43. The first-order valence-corrected chi connectivity index (χ1v) is 7.12. The van der Waals surface area contributed by atoms with Crippen LogP contribution in [0.3, 0.4) is 0 Å². The van der Waals surface area contributed by atoms with E-state index in [-0.39, 0.29) is 0 Å². The highest BCUT2D eigenvalue weighted by molar-refractivity contribution is 4.90. The van der Waals surface area contributed by atoms with Gasteiger partial charge < -0.3 is 0 Å². The molecule has 0 radical (unpaired) electrons. The van der Waals surface area contributed by atoms with Gasteiger partial charge in [-0.1, -0.05) is 25.7 Å². The summed E-state index contributed by atoms with van der Waals surface area (Å²) in [7, 11) is 2.16. The molecule has 3 nitrogen and oxygen atoms in total. The van der Waals surface area contributed by atoms with Crippen LogP contribution >= 0.6 is 0 Å². The van der Waals surface area contributed by atoms with E-state index in [1.807, 2.05) is 0 Å². The summed E-state index contributed by atoms with van der Waals surface area (Å²) >= 11 is 0. The third kappa shape index (κ3) is 3.43. The molecule has 0 bridgehead atoms. The highest BCUT2D eigenvalue weighted by atomic mass is 15.3. The van der Waals surface area contributed by atoms with Crippen LogP contribution in [0.15, 0.2) is 0 Å². The molecule has 0 spiro atoms. The molecule has 96 valence electrons. The van der Waals surface area contributed by atoms with Gasteiger partial charge in [0.1, 0.15) is 0 Å². The minimum Gasteiger partial charge on any atom is -0.300 e. The molecule has 1 aliphatic heterocycles. The molecule has 0 aromatic heterocycles. The highest BCUT2D eigenvalue weighted by Crippen LogP contribution is 2.24. The molecule has 1 atom stereocenters. The molecule has 2 rings (SSSR count). The van der Waals surface area contributed by atoms with E-state index in [1.54, 1.807) is 0 Å². The number of piperazine rings is 1. The van der Waals surface area contributed by atoms with Gasteiger partial charge >= 0.3 is 0 Å². The van der Waals surface area contributed by atoms with Gasteiger partial charge in [-0.2, -0.15) is 5.26 Å². The van der Waals surface area contributed by atoms with Crippen molar-refractivity contribution in [3.05, 3.63) is 0 Å². The third-order valence-corrected chi connectivity index (χ3v) is 4.48. The maximum Gasteiger partial charge on any atom is 0.0638 e. The second-order valence-corrected chi connectivity index (χ2v) is 5.64. The van der Waals surface area contributed by atoms with Crippen LogP contribution in [-0.2, 0) is 0 Å². The Morgan fingerprint density at radius 1 is 1.12 bits per heavy atom. The van der Waals surface area contributed by atoms with Crippen LogP contribution in [0.1, 0.15) is 44.9 Å². The van der Waals surface area contributed by atoms with E-state index in [1.165, 1.54) is 45.1 Å². The van der Waals surface area contributed by atoms with Crippen molar-refractivity contribution in [1.82, 2.24) is 9.80 Å². The van der Waals surface area contributed by atoms with Crippen molar-refractivity contribution >= 4 is 0 Å². The number of nitrogens with zero attached hydrogens (tertiary/aromatic N) is 3. The maximum absolute atomic E-state index is 8.88. The molecule has 1 heterocycles. The fraction of sp³-hybridized carbons (Fsp3) is 0.929. The fourth-order valence-electron chi connectivity index (χ4n) is 3.25. The third-order valence-electron chi connectivity index (χ3n) is 4.48. The lowest BCUT2D eigenvalue weighted by Crippen LogP contribution is -2.54. The van der Waals surface area contributed by atoms with Gasteiger partial charge in [-0.15, -0.1) is 0 Å². The van der Waals surface area contributed by atoms with Crippen LogP contribution in [0.2, 0.25) is 0 Å². The fourth-order valence-corrected chi connectivity index (χ4v) is 3.25. The van der Waals surface area contributed by atoms with Crippen LogP contribution in [0.4, 0.5) is 0 Å². The predicted octanol–water partition coefficient (Wildman–Crippen LogP) is 2.24. The highest BCUT2D eigenvalue weighted by Gasteiger charge is 2.28. The lowest BCUT2D eigenvalue weighted by molar-refractivity contribution is 0.0605. The van der Waals surface area contributed by atoms with Crippen molar-refractivity contribution in [3.8, 4) is 6.07 Å². The Morgan fingerprint density at radius 2 is 1.82 bits per heavy atom. The maximum atomic E-state index is 8.88. The van der Waals surface area contributed by atoms with Gasteiger partial charge in [0.25, 0.3) is 0 Å². The molecule has 0 N–H and O–H groups in total. The Bertz CT molecular complexity index is 263. The van der Waals surface area contributed by atoms with Crippen LogP contribution < -0.4 is 0 Å². The van der Waals surface area contributed by atoms with Crippen LogP contribution in [0, 0.1) is 11.3 Å². The minimum atomic E-state index is 0.456. The second kappa shape index (κ2) is 6.37. The molecule has 17 heavy (non-hydrogen) atoms. The Kier molecular flexibility index (Phi) is 4.82. The molecule has 1 aliphatic carbocycles. The monoisotopic (exact) mass is 235 g/mol. The zero-order valence-corrected chi connectivity index (χ0v) is 11.1. The zero-order chi connectivity index (χ0) is 12.1. The van der Waals surface area contributed by atoms with Gasteiger partial charge in [0, 0.05) is 31.7 Å². The van der Waals surface area contributed by atoms with E-state index in [4.69, 9.17) is 5.26 Å². The van der Waals surface area contributed by atoms with Crippen molar-refractivity contribution in [2.24, 2.45) is 0 Å². The van der Waals surface area contributed by atoms with E-state index in [0.29, 0.717) is 12.5 Å². The van der Waals surface area contributed by atoms with Gasteiger partial charge in [-0.05, 0) is 19.9 Å². The van der Waals surface area contributed by atoms with Crippen LogP contribution in [0.5, 0.6) is 0 Å². The van der Waals surface area contributed by atoms with Crippen LogP contribution in [0.25, 0.3) is 0 Å². The molecule has 1 unspecified atom stereocenters. The largest absolute Gasteiger partial charge is 0.300 e. The summed E-state index contributed by atoms with van der Waals surface area (Å²) in [6, 6.07) is 3.59. The van der Waals surface area contributed by atoms with Gasteiger partial charge in [-0.3, -0.25) is 9.80 Å². The molecule has 1 saturated heterocycles. The van der Waals surface area contributed by atoms with Crippen molar-refractivity contribution in [2.45, 2.75) is 57.0 Å².